The van der Waals surface area contributed by atoms with E-state index in [9.17, 15) is 13.2 Å². The van der Waals surface area contributed by atoms with Crippen molar-refractivity contribution in [1.82, 2.24) is 20.5 Å². The van der Waals surface area contributed by atoms with Crippen molar-refractivity contribution in [3.05, 3.63) is 48.0 Å². The highest BCUT2D eigenvalue weighted by Gasteiger charge is 2.28. The standard InChI is InChI=1S/C21H28F3N5O2/c1-25-20(27-13-16-7-8-19(26-12-16)31-15-21(22,23)24)28-14-17(18-6-5-11-30-18)29-9-3-2-4-10-29/h5-8,11-12,17H,2-4,9-10,13-15H2,1H3,(H2,25,27,28). The van der Waals surface area contributed by atoms with E-state index in [2.05, 4.69) is 30.2 Å². The second-order valence-electron chi connectivity index (χ2n) is 7.34. The fraction of sp³-hybridized carbons (Fsp3) is 0.524. The van der Waals surface area contributed by atoms with Gasteiger partial charge in [0.05, 0.1) is 12.3 Å². The maximum Gasteiger partial charge on any atom is 0.422 e. The predicted octanol–water partition coefficient (Wildman–Crippen LogP) is 3.51. The summed E-state index contributed by atoms with van der Waals surface area (Å²) >= 11 is 0. The Morgan fingerprint density at radius 1 is 1.23 bits per heavy atom. The molecule has 0 amide bonds. The molecular weight excluding hydrogens is 411 g/mol. The van der Waals surface area contributed by atoms with Crippen LogP contribution in [0.4, 0.5) is 13.2 Å². The third kappa shape index (κ3) is 7.46. The number of nitrogens with one attached hydrogen (secondary N) is 2. The lowest BCUT2D eigenvalue weighted by Crippen LogP contribution is -2.44. The van der Waals surface area contributed by atoms with Gasteiger partial charge in [-0.05, 0) is 43.6 Å². The van der Waals surface area contributed by atoms with Gasteiger partial charge in [0.2, 0.25) is 5.88 Å². The molecule has 2 aromatic heterocycles. The van der Waals surface area contributed by atoms with Crippen molar-refractivity contribution in [1.29, 1.82) is 0 Å². The van der Waals surface area contributed by atoms with E-state index in [-0.39, 0.29) is 11.9 Å². The second-order valence-corrected chi connectivity index (χ2v) is 7.34. The van der Waals surface area contributed by atoms with E-state index in [1.807, 2.05) is 12.1 Å². The molecule has 0 aliphatic carbocycles. The van der Waals surface area contributed by atoms with Gasteiger partial charge in [-0.1, -0.05) is 12.5 Å². The average molecular weight is 439 g/mol. The van der Waals surface area contributed by atoms with Crippen molar-refractivity contribution in [3.63, 3.8) is 0 Å². The molecule has 7 nitrogen and oxygen atoms in total. The van der Waals surface area contributed by atoms with Crippen LogP contribution in [-0.4, -0.2) is 55.3 Å². The van der Waals surface area contributed by atoms with Gasteiger partial charge in [-0.2, -0.15) is 13.2 Å². The number of aromatic nitrogens is 1. The predicted molar refractivity (Wildman–Crippen MR) is 111 cm³/mol. The van der Waals surface area contributed by atoms with E-state index in [0.29, 0.717) is 19.0 Å². The monoisotopic (exact) mass is 439 g/mol. The van der Waals surface area contributed by atoms with Gasteiger partial charge < -0.3 is 19.8 Å². The van der Waals surface area contributed by atoms with Crippen molar-refractivity contribution in [2.45, 2.75) is 38.0 Å². The smallest absolute Gasteiger partial charge is 0.422 e. The summed E-state index contributed by atoms with van der Waals surface area (Å²) in [4.78, 5) is 10.6. The van der Waals surface area contributed by atoms with Crippen LogP contribution in [-0.2, 0) is 6.54 Å². The van der Waals surface area contributed by atoms with Gasteiger partial charge in [0, 0.05) is 32.4 Å². The van der Waals surface area contributed by atoms with Crippen molar-refractivity contribution in [3.8, 4) is 5.88 Å². The molecule has 1 saturated heterocycles. The summed E-state index contributed by atoms with van der Waals surface area (Å²) < 4.78 is 46.9. The lowest BCUT2D eigenvalue weighted by atomic mass is 10.1. The molecule has 2 aromatic rings. The molecule has 1 unspecified atom stereocenters. The summed E-state index contributed by atoms with van der Waals surface area (Å²) in [6, 6.07) is 7.08. The van der Waals surface area contributed by atoms with Gasteiger partial charge in [-0.25, -0.2) is 4.98 Å². The molecule has 10 heteroatoms. The molecular formula is C21H28F3N5O2. The van der Waals surface area contributed by atoms with Crippen LogP contribution >= 0.6 is 0 Å². The lowest BCUT2D eigenvalue weighted by molar-refractivity contribution is -0.154. The number of halogens is 3. The highest BCUT2D eigenvalue weighted by atomic mass is 19.4. The number of ether oxygens (including phenoxy) is 1. The number of guanidine groups is 1. The fourth-order valence-corrected chi connectivity index (χ4v) is 3.48. The Kier molecular flexibility index (Phi) is 8.16. The quantitative estimate of drug-likeness (QED) is 0.484. The minimum absolute atomic E-state index is 0.0635. The van der Waals surface area contributed by atoms with E-state index in [1.54, 1.807) is 19.4 Å². The summed E-state index contributed by atoms with van der Waals surface area (Å²) in [6.45, 7) is 1.76. The van der Waals surface area contributed by atoms with Crippen molar-refractivity contribution in [2.75, 3.05) is 33.3 Å². The molecule has 2 N–H and O–H groups in total. The van der Waals surface area contributed by atoms with E-state index in [0.717, 1.165) is 24.4 Å². The Bertz CT molecular complexity index is 803. The molecule has 1 atom stereocenters. The van der Waals surface area contributed by atoms with Crippen molar-refractivity contribution >= 4 is 5.96 Å². The van der Waals surface area contributed by atoms with Gasteiger partial charge >= 0.3 is 6.18 Å². The molecule has 0 radical (unpaired) electrons. The molecule has 31 heavy (non-hydrogen) atoms. The van der Waals surface area contributed by atoms with E-state index < -0.39 is 12.8 Å². The average Bonchev–Trinajstić information content (AvgIpc) is 3.30. The highest BCUT2D eigenvalue weighted by molar-refractivity contribution is 5.79. The fourth-order valence-electron chi connectivity index (χ4n) is 3.48. The number of hydrogen-bond acceptors (Lipinski definition) is 5. The summed E-state index contributed by atoms with van der Waals surface area (Å²) in [5.74, 6) is 1.47. The van der Waals surface area contributed by atoms with Gasteiger partial charge in [0.1, 0.15) is 5.76 Å². The third-order valence-electron chi connectivity index (χ3n) is 5.03. The Balaban J connectivity index is 1.50. The first kappa shape index (κ1) is 22.9. The highest BCUT2D eigenvalue weighted by Crippen LogP contribution is 2.24. The van der Waals surface area contributed by atoms with Crippen LogP contribution in [0.25, 0.3) is 0 Å². The van der Waals surface area contributed by atoms with Gasteiger partial charge in [0.25, 0.3) is 0 Å². The maximum atomic E-state index is 12.2. The summed E-state index contributed by atoms with van der Waals surface area (Å²) in [5, 5.41) is 6.53. The Morgan fingerprint density at radius 2 is 2.03 bits per heavy atom. The van der Waals surface area contributed by atoms with Crippen LogP contribution in [0.1, 0.15) is 36.6 Å². The minimum Gasteiger partial charge on any atom is -0.468 e. The first-order valence-corrected chi connectivity index (χ1v) is 10.3. The number of piperidine rings is 1. The van der Waals surface area contributed by atoms with Crippen LogP contribution in [0, 0.1) is 0 Å². The zero-order valence-corrected chi connectivity index (χ0v) is 17.5. The van der Waals surface area contributed by atoms with Gasteiger partial charge in [-0.15, -0.1) is 0 Å². The van der Waals surface area contributed by atoms with E-state index >= 15 is 0 Å². The summed E-state index contributed by atoms with van der Waals surface area (Å²) in [6.07, 6.45) is 2.40. The van der Waals surface area contributed by atoms with Crippen LogP contribution in [0.5, 0.6) is 5.88 Å². The van der Waals surface area contributed by atoms with E-state index in [4.69, 9.17) is 4.42 Å². The van der Waals surface area contributed by atoms with Gasteiger partial charge in [-0.3, -0.25) is 9.89 Å². The van der Waals surface area contributed by atoms with Crippen molar-refractivity contribution < 1.29 is 22.3 Å². The number of nitrogens with zero attached hydrogens (tertiary/aromatic N) is 3. The molecule has 3 heterocycles. The zero-order chi connectivity index (χ0) is 22.1. The first-order chi connectivity index (χ1) is 14.9. The topological polar surface area (TPSA) is 74.9 Å². The summed E-state index contributed by atoms with van der Waals surface area (Å²) in [7, 11) is 1.68. The molecule has 0 spiro atoms. The Labute approximate surface area is 179 Å². The number of pyridine rings is 1. The minimum atomic E-state index is -4.39. The molecule has 3 rings (SSSR count). The molecule has 1 fully saturated rings. The maximum absolute atomic E-state index is 12.2. The Hall–Kier alpha value is -2.75. The number of furan rings is 1. The van der Waals surface area contributed by atoms with Crippen LogP contribution in [0.2, 0.25) is 0 Å². The van der Waals surface area contributed by atoms with E-state index in [1.165, 1.54) is 31.5 Å². The number of hydrogen-bond donors (Lipinski definition) is 2. The molecule has 0 bridgehead atoms. The SMILES string of the molecule is CN=C(NCc1ccc(OCC(F)(F)F)nc1)NCC(c1ccco1)N1CCCCC1. The third-order valence-corrected chi connectivity index (χ3v) is 5.03. The number of likely N-dealkylation sites (tertiary alicyclic amines) is 1. The molecule has 0 aromatic carbocycles. The molecule has 1 aliphatic rings. The van der Waals surface area contributed by atoms with Gasteiger partial charge in [0.15, 0.2) is 12.6 Å². The first-order valence-electron chi connectivity index (χ1n) is 10.3. The van der Waals surface area contributed by atoms with Crippen molar-refractivity contribution in [2.24, 2.45) is 4.99 Å². The van der Waals surface area contributed by atoms with Crippen LogP contribution in [0.15, 0.2) is 46.1 Å². The molecule has 0 saturated carbocycles. The number of rotatable bonds is 8. The van der Waals surface area contributed by atoms with Crippen LogP contribution in [0.3, 0.4) is 0 Å². The molecule has 1 aliphatic heterocycles. The lowest BCUT2D eigenvalue weighted by Gasteiger charge is -2.33. The Morgan fingerprint density at radius 3 is 2.65 bits per heavy atom. The van der Waals surface area contributed by atoms with Crippen LogP contribution < -0.4 is 15.4 Å². The summed E-state index contributed by atoms with van der Waals surface area (Å²) in [5.41, 5.74) is 0.793. The largest absolute Gasteiger partial charge is 0.468 e. The molecule has 170 valence electrons. The second kappa shape index (κ2) is 11.0. The number of alkyl halides is 3. The number of aliphatic imine (C=N–C) groups is 1. The normalized spacial score (nSPS) is 16.7. The zero-order valence-electron chi connectivity index (χ0n) is 17.5.